The Hall–Kier alpha value is -2.37. The van der Waals surface area contributed by atoms with Crippen molar-refractivity contribution < 1.29 is 14.6 Å². The number of carboxylic acid groups (broad SMARTS) is 1. The van der Waals surface area contributed by atoms with Crippen LogP contribution in [0.3, 0.4) is 0 Å². The molecule has 0 aliphatic carbocycles. The number of nitrogens with one attached hydrogen (secondary N) is 1. The third kappa shape index (κ3) is 6.38. The van der Waals surface area contributed by atoms with E-state index in [9.17, 15) is 4.79 Å². The van der Waals surface area contributed by atoms with E-state index in [1.807, 2.05) is 18.2 Å². The van der Waals surface area contributed by atoms with E-state index >= 15 is 0 Å². The van der Waals surface area contributed by atoms with E-state index in [2.05, 4.69) is 22.3 Å². The number of likely N-dealkylation sites (tertiary alicyclic amines) is 1. The number of carbonyl (C=O) groups is 1. The van der Waals surface area contributed by atoms with Gasteiger partial charge in [0, 0.05) is 13.1 Å². The number of rotatable bonds is 10. The van der Waals surface area contributed by atoms with Crippen LogP contribution in [0, 0.1) is 0 Å². The van der Waals surface area contributed by atoms with Gasteiger partial charge in [0.1, 0.15) is 12.4 Å². The van der Waals surface area contributed by atoms with Gasteiger partial charge in [-0.3, -0.25) is 4.90 Å². The van der Waals surface area contributed by atoms with Gasteiger partial charge in [-0.2, -0.15) is 0 Å². The van der Waals surface area contributed by atoms with E-state index in [-0.39, 0.29) is 0 Å². The van der Waals surface area contributed by atoms with E-state index in [0.29, 0.717) is 12.1 Å². The third-order valence-corrected chi connectivity index (χ3v) is 4.89. The molecule has 1 heterocycles. The van der Waals surface area contributed by atoms with Crippen molar-refractivity contribution in [3.05, 3.63) is 65.2 Å². The van der Waals surface area contributed by atoms with Crippen molar-refractivity contribution in [2.24, 2.45) is 0 Å². The van der Waals surface area contributed by atoms with Crippen molar-refractivity contribution in [3.63, 3.8) is 0 Å². The minimum Gasteiger partial charge on any atom is -0.492 e. The molecule has 2 N–H and O–H groups in total. The molecule has 144 valence electrons. The summed E-state index contributed by atoms with van der Waals surface area (Å²) >= 11 is 0. The molecule has 1 aliphatic rings. The van der Waals surface area contributed by atoms with Gasteiger partial charge < -0.3 is 15.2 Å². The summed E-state index contributed by atoms with van der Waals surface area (Å²) in [5.74, 6) is 0.0379. The van der Waals surface area contributed by atoms with E-state index in [4.69, 9.17) is 9.84 Å². The van der Waals surface area contributed by atoms with E-state index < -0.39 is 5.97 Å². The monoisotopic (exact) mass is 368 g/mol. The smallest absolute Gasteiger partial charge is 0.335 e. The van der Waals surface area contributed by atoms with Crippen molar-refractivity contribution in [1.82, 2.24) is 10.2 Å². The van der Waals surface area contributed by atoms with Crippen LogP contribution in [0.1, 0.15) is 34.3 Å². The Balaban J connectivity index is 1.34. The molecule has 0 amide bonds. The first-order chi connectivity index (χ1) is 13.2. The van der Waals surface area contributed by atoms with Crippen LogP contribution in [0.4, 0.5) is 0 Å². The molecular weight excluding hydrogens is 340 g/mol. The zero-order chi connectivity index (χ0) is 18.9. The van der Waals surface area contributed by atoms with E-state index in [1.54, 1.807) is 18.2 Å². The highest BCUT2D eigenvalue weighted by Gasteiger charge is 2.10. The molecule has 0 bridgehead atoms. The Labute approximate surface area is 161 Å². The molecular formula is C22H28N2O3. The van der Waals surface area contributed by atoms with Crippen LogP contribution in [-0.2, 0) is 13.0 Å². The summed E-state index contributed by atoms with van der Waals surface area (Å²) in [7, 11) is 0. The van der Waals surface area contributed by atoms with Gasteiger partial charge in [0.25, 0.3) is 0 Å². The second kappa shape index (κ2) is 10.1. The molecule has 5 heteroatoms. The molecule has 0 aromatic heterocycles. The number of aromatic carboxylic acids is 1. The molecule has 2 aromatic carbocycles. The fraction of sp³-hybridized carbons (Fsp3) is 0.409. The Morgan fingerprint density at radius 2 is 1.85 bits per heavy atom. The lowest BCUT2D eigenvalue weighted by Crippen LogP contribution is -2.25. The molecule has 27 heavy (non-hydrogen) atoms. The highest BCUT2D eigenvalue weighted by molar-refractivity contribution is 5.87. The van der Waals surface area contributed by atoms with Gasteiger partial charge in [0.2, 0.25) is 0 Å². The zero-order valence-corrected chi connectivity index (χ0v) is 15.7. The Bertz CT molecular complexity index is 725. The van der Waals surface area contributed by atoms with Gasteiger partial charge in [0.15, 0.2) is 0 Å². The Morgan fingerprint density at radius 3 is 2.59 bits per heavy atom. The Kier molecular flexibility index (Phi) is 7.25. The van der Waals surface area contributed by atoms with Crippen molar-refractivity contribution in [2.45, 2.75) is 25.8 Å². The quantitative estimate of drug-likeness (QED) is 0.631. The summed E-state index contributed by atoms with van der Waals surface area (Å²) in [6.45, 7) is 5.67. The van der Waals surface area contributed by atoms with Crippen LogP contribution in [0.5, 0.6) is 5.75 Å². The molecule has 0 radical (unpaired) electrons. The fourth-order valence-electron chi connectivity index (χ4n) is 3.33. The summed E-state index contributed by atoms with van der Waals surface area (Å²) in [5.41, 5.74) is 2.57. The molecule has 1 aliphatic heterocycles. The second-order valence-corrected chi connectivity index (χ2v) is 6.97. The summed E-state index contributed by atoms with van der Waals surface area (Å²) in [6, 6.07) is 15.3. The van der Waals surface area contributed by atoms with Crippen LogP contribution in [0.2, 0.25) is 0 Å². The molecule has 5 nitrogen and oxygen atoms in total. The minimum atomic E-state index is -0.889. The first-order valence-electron chi connectivity index (χ1n) is 9.68. The molecule has 1 fully saturated rings. The lowest BCUT2D eigenvalue weighted by atomic mass is 10.1. The SMILES string of the molecule is O=C(O)c1cccc(CNCCc2ccc(OCCN3CCCC3)cc2)c1. The van der Waals surface area contributed by atoms with Crippen molar-refractivity contribution in [2.75, 3.05) is 32.8 Å². The number of carboxylic acids is 1. The summed E-state index contributed by atoms with van der Waals surface area (Å²) in [5, 5.41) is 12.4. The maximum absolute atomic E-state index is 11.0. The van der Waals surface area contributed by atoms with Gasteiger partial charge in [-0.15, -0.1) is 0 Å². The van der Waals surface area contributed by atoms with Crippen molar-refractivity contribution >= 4 is 5.97 Å². The predicted molar refractivity (Wildman–Crippen MR) is 106 cm³/mol. The normalized spacial score (nSPS) is 14.4. The first kappa shape index (κ1) is 19.4. The Morgan fingerprint density at radius 1 is 1.07 bits per heavy atom. The molecule has 1 saturated heterocycles. The number of hydrogen-bond acceptors (Lipinski definition) is 4. The highest BCUT2D eigenvalue weighted by Crippen LogP contribution is 2.13. The van der Waals surface area contributed by atoms with E-state index in [0.717, 1.165) is 37.4 Å². The summed E-state index contributed by atoms with van der Waals surface area (Å²) < 4.78 is 5.83. The standard InChI is InChI=1S/C22H28N2O3/c25-22(26)20-5-3-4-19(16-20)17-23-11-10-18-6-8-21(9-7-18)27-15-14-24-12-1-2-13-24/h3-9,16,23H,1-2,10-15,17H2,(H,25,26). The third-order valence-electron chi connectivity index (χ3n) is 4.89. The molecule has 0 atom stereocenters. The van der Waals surface area contributed by atoms with Crippen molar-refractivity contribution in [1.29, 1.82) is 0 Å². The van der Waals surface area contributed by atoms with Crippen molar-refractivity contribution in [3.8, 4) is 5.75 Å². The molecule has 0 spiro atoms. The van der Waals surface area contributed by atoms with E-state index in [1.165, 1.54) is 31.5 Å². The molecule has 3 rings (SSSR count). The minimum absolute atomic E-state index is 0.328. The summed E-state index contributed by atoms with van der Waals surface area (Å²) in [4.78, 5) is 13.4. The lowest BCUT2D eigenvalue weighted by Gasteiger charge is -2.15. The van der Waals surface area contributed by atoms with Gasteiger partial charge in [0.05, 0.1) is 5.56 Å². The molecule has 2 aromatic rings. The van der Waals surface area contributed by atoms with Gasteiger partial charge in [-0.25, -0.2) is 4.79 Å². The average Bonchev–Trinajstić information content (AvgIpc) is 3.20. The fourth-order valence-corrected chi connectivity index (χ4v) is 3.33. The maximum atomic E-state index is 11.0. The van der Waals surface area contributed by atoms with Gasteiger partial charge in [-0.1, -0.05) is 24.3 Å². The first-order valence-corrected chi connectivity index (χ1v) is 9.68. The van der Waals surface area contributed by atoms with Crippen LogP contribution in [0.15, 0.2) is 48.5 Å². The largest absolute Gasteiger partial charge is 0.492 e. The molecule has 0 saturated carbocycles. The second-order valence-electron chi connectivity index (χ2n) is 6.97. The van der Waals surface area contributed by atoms with Gasteiger partial charge >= 0.3 is 5.97 Å². The number of hydrogen-bond donors (Lipinski definition) is 2. The molecule has 0 unspecified atom stereocenters. The van der Waals surface area contributed by atoms with Crippen LogP contribution in [0.25, 0.3) is 0 Å². The lowest BCUT2D eigenvalue weighted by molar-refractivity contribution is 0.0696. The number of nitrogens with zero attached hydrogens (tertiary/aromatic N) is 1. The van der Waals surface area contributed by atoms with Crippen LogP contribution in [-0.4, -0.2) is 48.8 Å². The highest BCUT2D eigenvalue weighted by atomic mass is 16.5. The van der Waals surface area contributed by atoms with Gasteiger partial charge in [-0.05, 0) is 74.3 Å². The zero-order valence-electron chi connectivity index (χ0n) is 15.7. The number of benzene rings is 2. The summed E-state index contributed by atoms with van der Waals surface area (Å²) in [6.07, 6.45) is 3.55. The van der Waals surface area contributed by atoms with Crippen LogP contribution >= 0.6 is 0 Å². The average molecular weight is 368 g/mol. The van der Waals surface area contributed by atoms with Crippen LogP contribution < -0.4 is 10.1 Å². The number of ether oxygens (including phenoxy) is 1. The predicted octanol–water partition coefficient (Wildman–Crippen LogP) is 3.19. The maximum Gasteiger partial charge on any atom is 0.335 e. The topological polar surface area (TPSA) is 61.8 Å².